The van der Waals surface area contributed by atoms with Crippen LogP contribution >= 0.6 is 11.8 Å². The molecule has 0 atom stereocenters. The van der Waals surface area contributed by atoms with Gasteiger partial charge in [-0.15, -0.1) is 0 Å². The first kappa shape index (κ1) is 15.7. The standard InChI is InChI=1S/C14H22N2O2S2/c1-19-11-5-4-10-15-13-6-2-3-7-14(13)20(17,18)16-12-8-9-12/h2-3,6-7,12,15-16H,4-5,8-11H2,1H3. The summed E-state index contributed by atoms with van der Waals surface area (Å²) in [5.74, 6) is 1.14. The third-order valence-electron chi connectivity index (χ3n) is 3.17. The van der Waals surface area contributed by atoms with Crippen molar-refractivity contribution in [2.75, 3.05) is 23.9 Å². The van der Waals surface area contributed by atoms with Gasteiger partial charge >= 0.3 is 0 Å². The molecule has 20 heavy (non-hydrogen) atoms. The van der Waals surface area contributed by atoms with Crippen LogP contribution in [-0.4, -0.2) is 33.0 Å². The van der Waals surface area contributed by atoms with Gasteiger partial charge in [-0.25, -0.2) is 13.1 Å². The highest BCUT2D eigenvalue weighted by atomic mass is 32.2. The Morgan fingerprint density at radius 1 is 1.25 bits per heavy atom. The van der Waals surface area contributed by atoms with Crippen molar-refractivity contribution in [1.82, 2.24) is 4.72 Å². The molecule has 0 radical (unpaired) electrons. The van der Waals surface area contributed by atoms with E-state index in [9.17, 15) is 8.42 Å². The Kier molecular flexibility index (Phi) is 5.74. The van der Waals surface area contributed by atoms with Crippen LogP contribution in [0.5, 0.6) is 0 Å². The number of hydrogen-bond acceptors (Lipinski definition) is 4. The zero-order valence-corrected chi connectivity index (χ0v) is 13.4. The fourth-order valence-corrected chi connectivity index (χ4v) is 3.91. The van der Waals surface area contributed by atoms with Gasteiger partial charge in [-0.3, -0.25) is 0 Å². The lowest BCUT2D eigenvalue weighted by atomic mass is 10.3. The minimum absolute atomic E-state index is 0.134. The number of para-hydroxylation sites is 1. The van der Waals surface area contributed by atoms with Crippen molar-refractivity contribution >= 4 is 27.5 Å². The monoisotopic (exact) mass is 314 g/mol. The van der Waals surface area contributed by atoms with E-state index < -0.39 is 10.0 Å². The van der Waals surface area contributed by atoms with E-state index in [2.05, 4.69) is 16.3 Å². The summed E-state index contributed by atoms with van der Waals surface area (Å²) in [6.07, 6.45) is 6.18. The highest BCUT2D eigenvalue weighted by molar-refractivity contribution is 7.98. The molecule has 112 valence electrons. The molecule has 1 aliphatic rings. The fraction of sp³-hybridized carbons (Fsp3) is 0.571. The molecule has 1 saturated carbocycles. The Balaban J connectivity index is 1.98. The predicted octanol–water partition coefficient (Wildman–Crippen LogP) is 2.68. The first-order valence-corrected chi connectivity index (χ1v) is 9.85. The summed E-state index contributed by atoms with van der Waals surface area (Å²) in [7, 11) is -3.39. The minimum Gasteiger partial charge on any atom is -0.384 e. The number of sulfonamides is 1. The molecule has 0 heterocycles. The molecule has 6 heteroatoms. The molecule has 0 spiro atoms. The highest BCUT2D eigenvalue weighted by Gasteiger charge is 2.29. The molecule has 4 nitrogen and oxygen atoms in total. The Morgan fingerprint density at radius 3 is 2.70 bits per heavy atom. The number of anilines is 1. The van der Waals surface area contributed by atoms with E-state index in [1.54, 1.807) is 12.1 Å². The molecule has 0 aliphatic heterocycles. The van der Waals surface area contributed by atoms with Crippen LogP contribution in [0.1, 0.15) is 25.7 Å². The molecule has 1 fully saturated rings. The second-order valence-corrected chi connectivity index (χ2v) is 7.69. The molecule has 2 N–H and O–H groups in total. The number of thioether (sulfide) groups is 1. The molecule has 0 amide bonds. The third kappa shape index (κ3) is 4.68. The Morgan fingerprint density at radius 2 is 2.00 bits per heavy atom. The second kappa shape index (κ2) is 7.33. The minimum atomic E-state index is -3.39. The second-order valence-electron chi connectivity index (χ2n) is 5.02. The van der Waals surface area contributed by atoms with E-state index in [0.717, 1.165) is 38.0 Å². The molecule has 0 bridgehead atoms. The number of hydrogen-bond donors (Lipinski definition) is 2. The molecule has 1 aliphatic carbocycles. The van der Waals surface area contributed by atoms with Crippen molar-refractivity contribution in [1.29, 1.82) is 0 Å². The maximum Gasteiger partial charge on any atom is 0.242 e. The van der Waals surface area contributed by atoms with Gasteiger partial charge in [-0.1, -0.05) is 12.1 Å². The van der Waals surface area contributed by atoms with Gasteiger partial charge in [-0.05, 0) is 49.8 Å². The summed E-state index contributed by atoms with van der Waals surface area (Å²) in [4.78, 5) is 0.358. The van der Waals surface area contributed by atoms with E-state index in [0.29, 0.717) is 10.6 Å². The average molecular weight is 314 g/mol. The van der Waals surface area contributed by atoms with Crippen molar-refractivity contribution in [3.05, 3.63) is 24.3 Å². The lowest BCUT2D eigenvalue weighted by molar-refractivity contribution is 0.581. The van der Waals surface area contributed by atoms with Gasteiger partial charge in [0, 0.05) is 12.6 Å². The summed E-state index contributed by atoms with van der Waals surface area (Å²) < 4.78 is 27.3. The van der Waals surface area contributed by atoms with Crippen LogP contribution in [0.2, 0.25) is 0 Å². The number of nitrogens with one attached hydrogen (secondary N) is 2. The van der Waals surface area contributed by atoms with Gasteiger partial charge in [0.25, 0.3) is 0 Å². The summed E-state index contributed by atoms with van der Waals surface area (Å²) in [5, 5.41) is 3.24. The van der Waals surface area contributed by atoms with Crippen LogP contribution in [0.25, 0.3) is 0 Å². The number of rotatable bonds is 9. The van der Waals surface area contributed by atoms with E-state index in [4.69, 9.17) is 0 Å². The smallest absolute Gasteiger partial charge is 0.242 e. The van der Waals surface area contributed by atoms with Crippen LogP contribution in [-0.2, 0) is 10.0 Å². The highest BCUT2D eigenvalue weighted by Crippen LogP contribution is 2.25. The summed E-state index contributed by atoms with van der Waals surface area (Å²) >= 11 is 1.84. The lowest BCUT2D eigenvalue weighted by Crippen LogP contribution is -2.26. The third-order valence-corrected chi connectivity index (χ3v) is 5.44. The molecular weight excluding hydrogens is 292 g/mol. The predicted molar refractivity (Wildman–Crippen MR) is 85.9 cm³/mol. The first-order chi connectivity index (χ1) is 9.63. The first-order valence-electron chi connectivity index (χ1n) is 6.97. The topological polar surface area (TPSA) is 58.2 Å². The van der Waals surface area contributed by atoms with Gasteiger partial charge < -0.3 is 5.32 Å². The number of unbranched alkanes of at least 4 members (excludes halogenated alkanes) is 1. The Hall–Kier alpha value is -0.720. The van der Waals surface area contributed by atoms with Crippen LogP contribution in [0.3, 0.4) is 0 Å². The van der Waals surface area contributed by atoms with E-state index >= 15 is 0 Å². The lowest BCUT2D eigenvalue weighted by Gasteiger charge is -2.12. The van der Waals surface area contributed by atoms with Crippen LogP contribution in [0.4, 0.5) is 5.69 Å². The maximum atomic E-state index is 12.3. The Bertz CT molecular complexity index is 528. The van der Waals surface area contributed by atoms with Gasteiger partial charge in [0.15, 0.2) is 0 Å². The van der Waals surface area contributed by atoms with Gasteiger partial charge in [0.05, 0.1) is 5.69 Å². The maximum absolute atomic E-state index is 12.3. The SMILES string of the molecule is CSCCCCNc1ccccc1S(=O)(=O)NC1CC1. The van der Waals surface area contributed by atoms with E-state index in [1.807, 2.05) is 23.9 Å². The van der Waals surface area contributed by atoms with Gasteiger partial charge in [-0.2, -0.15) is 11.8 Å². The fourth-order valence-electron chi connectivity index (χ4n) is 1.93. The Labute approximate surface area is 125 Å². The molecule has 1 aromatic carbocycles. The van der Waals surface area contributed by atoms with E-state index in [-0.39, 0.29) is 6.04 Å². The normalized spacial score (nSPS) is 15.2. The summed E-state index contributed by atoms with van der Waals surface area (Å²) in [5.41, 5.74) is 0.699. The van der Waals surface area contributed by atoms with Crippen LogP contribution in [0, 0.1) is 0 Å². The molecule has 0 unspecified atom stereocenters. The largest absolute Gasteiger partial charge is 0.384 e. The summed E-state index contributed by atoms with van der Waals surface area (Å²) in [6, 6.07) is 7.25. The zero-order valence-electron chi connectivity index (χ0n) is 11.8. The van der Waals surface area contributed by atoms with Crippen molar-refractivity contribution in [3.63, 3.8) is 0 Å². The van der Waals surface area contributed by atoms with Gasteiger partial charge in [0.1, 0.15) is 4.90 Å². The average Bonchev–Trinajstić information content (AvgIpc) is 3.22. The van der Waals surface area contributed by atoms with Crippen molar-refractivity contribution < 1.29 is 8.42 Å². The van der Waals surface area contributed by atoms with Gasteiger partial charge in [0.2, 0.25) is 10.0 Å². The van der Waals surface area contributed by atoms with Crippen molar-refractivity contribution in [2.45, 2.75) is 36.6 Å². The molecule has 0 aromatic heterocycles. The zero-order chi connectivity index (χ0) is 14.4. The quantitative estimate of drug-likeness (QED) is 0.688. The molecule has 0 saturated heterocycles. The van der Waals surface area contributed by atoms with Crippen molar-refractivity contribution in [2.24, 2.45) is 0 Å². The van der Waals surface area contributed by atoms with Crippen LogP contribution in [0.15, 0.2) is 29.2 Å². The number of benzene rings is 1. The summed E-state index contributed by atoms with van der Waals surface area (Å²) in [6.45, 7) is 0.802. The molecule has 1 aromatic rings. The van der Waals surface area contributed by atoms with Crippen LogP contribution < -0.4 is 10.0 Å². The van der Waals surface area contributed by atoms with Crippen molar-refractivity contribution in [3.8, 4) is 0 Å². The van der Waals surface area contributed by atoms with E-state index in [1.165, 1.54) is 0 Å². The molecular formula is C14H22N2O2S2. The molecule has 2 rings (SSSR count).